The second-order valence-corrected chi connectivity index (χ2v) is 4.94. The molecule has 1 aromatic rings. The van der Waals surface area contributed by atoms with E-state index in [-0.39, 0.29) is 16.4 Å². The normalized spacial score (nSPS) is 10.9. The van der Waals surface area contributed by atoms with Gasteiger partial charge in [-0.15, -0.1) is 0 Å². The van der Waals surface area contributed by atoms with Gasteiger partial charge in [-0.3, -0.25) is 9.78 Å². The summed E-state index contributed by atoms with van der Waals surface area (Å²) in [7, 11) is 0. The molecular weight excluding hydrogens is 222 g/mol. The van der Waals surface area contributed by atoms with E-state index in [9.17, 15) is 4.79 Å². The van der Waals surface area contributed by atoms with Crippen LogP contribution in [0.15, 0.2) is 18.3 Å². The van der Waals surface area contributed by atoms with E-state index in [0.717, 1.165) is 0 Å². The van der Waals surface area contributed by atoms with Crippen LogP contribution in [-0.4, -0.2) is 21.4 Å². The number of nitrogens with zero attached hydrogens (tertiary/aromatic N) is 1. The summed E-state index contributed by atoms with van der Waals surface area (Å²) in [4.78, 5) is 16.0. The number of rotatable bonds is 2. The molecule has 3 N–H and O–H groups in total. The highest BCUT2D eigenvalue weighted by atomic mass is 32.1. The lowest BCUT2D eigenvalue weighted by Crippen LogP contribution is -2.40. The summed E-state index contributed by atoms with van der Waals surface area (Å²) in [6.45, 7) is 5.73. The lowest BCUT2D eigenvalue weighted by atomic mass is 10.1. The van der Waals surface area contributed by atoms with Crippen LogP contribution in [-0.2, 0) is 0 Å². The summed E-state index contributed by atoms with van der Waals surface area (Å²) >= 11 is 4.80. The van der Waals surface area contributed by atoms with Gasteiger partial charge >= 0.3 is 0 Å². The molecule has 0 radical (unpaired) electrons. The van der Waals surface area contributed by atoms with Gasteiger partial charge in [-0.1, -0.05) is 12.2 Å². The fourth-order valence-corrected chi connectivity index (χ4v) is 1.20. The smallest absolute Gasteiger partial charge is 0.270 e. The Bertz CT molecular complexity index is 406. The number of carbonyl (C=O) groups excluding carboxylic acids is 1. The van der Waals surface area contributed by atoms with Crippen molar-refractivity contribution in [2.75, 3.05) is 0 Å². The van der Waals surface area contributed by atoms with E-state index in [1.807, 2.05) is 20.8 Å². The zero-order valence-corrected chi connectivity index (χ0v) is 10.4. The number of pyridine rings is 1. The highest BCUT2D eigenvalue weighted by Crippen LogP contribution is 2.04. The van der Waals surface area contributed by atoms with E-state index in [2.05, 4.69) is 10.3 Å². The minimum absolute atomic E-state index is 0.206. The van der Waals surface area contributed by atoms with Gasteiger partial charge in [-0.05, 0) is 32.9 Å². The Morgan fingerprint density at radius 2 is 2.06 bits per heavy atom. The van der Waals surface area contributed by atoms with Crippen molar-refractivity contribution in [1.29, 1.82) is 0 Å². The van der Waals surface area contributed by atoms with Crippen LogP contribution in [0, 0.1) is 0 Å². The third kappa shape index (κ3) is 3.58. The SMILES string of the molecule is CC(C)(C)NC(=O)c1ccc(C(N)=S)cn1. The maximum Gasteiger partial charge on any atom is 0.270 e. The van der Waals surface area contributed by atoms with E-state index in [4.69, 9.17) is 18.0 Å². The second-order valence-electron chi connectivity index (χ2n) is 4.50. The van der Waals surface area contributed by atoms with Crippen LogP contribution in [0.25, 0.3) is 0 Å². The first-order chi connectivity index (χ1) is 7.29. The monoisotopic (exact) mass is 237 g/mol. The molecule has 0 aromatic carbocycles. The molecule has 5 heteroatoms. The third-order valence-electron chi connectivity index (χ3n) is 1.77. The van der Waals surface area contributed by atoms with Crippen molar-refractivity contribution in [2.24, 2.45) is 5.73 Å². The molecule has 1 rings (SSSR count). The first kappa shape index (κ1) is 12.6. The molecule has 16 heavy (non-hydrogen) atoms. The Kier molecular flexibility index (Phi) is 3.59. The van der Waals surface area contributed by atoms with Gasteiger partial charge in [0.2, 0.25) is 0 Å². The fourth-order valence-electron chi connectivity index (χ4n) is 1.08. The fraction of sp³-hybridized carbons (Fsp3) is 0.364. The average Bonchev–Trinajstić information content (AvgIpc) is 2.15. The summed E-state index contributed by atoms with van der Waals surface area (Å²) in [6, 6.07) is 3.29. The minimum Gasteiger partial charge on any atom is -0.389 e. The van der Waals surface area contributed by atoms with Crippen molar-refractivity contribution in [1.82, 2.24) is 10.3 Å². The van der Waals surface area contributed by atoms with Crippen molar-refractivity contribution in [3.63, 3.8) is 0 Å². The molecule has 0 unspecified atom stereocenters. The van der Waals surface area contributed by atoms with Gasteiger partial charge < -0.3 is 11.1 Å². The van der Waals surface area contributed by atoms with Gasteiger partial charge in [-0.25, -0.2) is 0 Å². The summed E-state index contributed by atoms with van der Waals surface area (Å²) in [6.07, 6.45) is 1.50. The topological polar surface area (TPSA) is 68.0 Å². The molecule has 0 saturated heterocycles. The number of carbonyl (C=O) groups is 1. The predicted molar refractivity (Wildman–Crippen MR) is 67.3 cm³/mol. The quantitative estimate of drug-likeness (QED) is 0.759. The van der Waals surface area contributed by atoms with Crippen LogP contribution in [0.3, 0.4) is 0 Å². The lowest BCUT2D eigenvalue weighted by Gasteiger charge is -2.20. The average molecular weight is 237 g/mol. The van der Waals surface area contributed by atoms with Crippen molar-refractivity contribution >= 4 is 23.1 Å². The summed E-state index contributed by atoms with van der Waals surface area (Å²) in [5.41, 5.74) is 6.17. The third-order valence-corrected chi connectivity index (χ3v) is 2.00. The Morgan fingerprint density at radius 3 is 2.44 bits per heavy atom. The molecule has 1 aromatic heterocycles. The molecule has 0 aliphatic carbocycles. The summed E-state index contributed by atoms with van der Waals surface area (Å²) in [5, 5.41) is 2.82. The highest BCUT2D eigenvalue weighted by molar-refractivity contribution is 7.80. The van der Waals surface area contributed by atoms with E-state index in [1.54, 1.807) is 12.1 Å². The molecule has 0 aliphatic heterocycles. The van der Waals surface area contributed by atoms with Crippen molar-refractivity contribution < 1.29 is 4.79 Å². The molecule has 0 atom stereocenters. The van der Waals surface area contributed by atoms with E-state index >= 15 is 0 Å². The molecular formula is C11H15N3OS. The first-order valence-corrected chi connectivity index (χ1v) is 5.29. The molecule has 0 fully saturated rings. The maximum atomic E-state index is 11.7. The summed E-state index contributed by atoms with van der Waals surface area (Å²) in [5.74, 6) is -0.206. The zero-order chi connectivity index (χ0) is 12.3. The molecule has 1 amide bonds. The molecule has 0 bridgehead atoms. The van der Waals surface area contributed by atoms with Gasteiger partial charge in [0, 0.05) is 17.3 Å². The number of aromatic nitrogens is 1. The Morgan fingerprint density at radius 1 is 1.44 bits per heavy atom. The van der Waals surface area contributed by atoms with Crippen LogP contribution in [0.5, 0.6) is 0 Å². The number of amides is 1. The molecule has 0 aliphatic rings. The number of hydrogen-bond donors (Lipinski definition) is 2. The van der Waals surface area contributed by atoms with Crippen LogP contribution >= 0.6 is 12.2 Å². The molecule has 0 saturated carbocycles. The number of thiocarbonyl (C=S) groups is 1. The van der Waals surface area contributed by atoms with Crippen LogP contribution < -0.4 is 11.1 Å². The number of nitrogens with one attached hydrogen (secondary N) is 1. The largest absolute Gasteiger partial charge is 0.389 e. The molecule has 1 heterocycles. The van der Waals surface area contributed by atoms with Gasteiger partial charge in [0.15, 0.2) is 0 Å². The van der Waals surface area contributed by atoms with Crippen LogP contribution in [0.4, 0.5) is 0 Å². The van der Waals surface area contributed by atoms with Crippen molar-refractivity contribution in [3.05, 3.63) is 29.6 Å². The van der Waals surface area contributed by atoms with Crippen LogP contribution in [0.2, 0.25) is 0 Å². The standard InChI is InChI=1S/C11H15N3OS/c1-11(2,3)14-10(15)8-5-4-7(6-13-8)9(12)16/h4-6H,1-3H3,(H2,12,16)(H,14,15). The maximum absolute atomic E-state index is 11.7. The van der Waals surface area contributed by atoms with E-state index < -0.39 is 0 Å². The molecule has 0 spiro atoms. The van der Waals surface area contributed by atoms with E-state index in [1.165, 1.54) is 6.20 Å². The van der Waals surface area contributed by atoms with Crippen molar-refractivity contribution in [3.8, 4) is 0 Å². The Labute approximate surface area is 100 Å². The van der Waals surface area contributed by atoms with Gasteiger partial charge in [0.25, 0.3) is 5.91 Å². The van der Waals surface area contributed by atoms with Gasteiger partial charge in [0.05, 0.1) is 0 Å². The number of hydrogen-bond acceptors (Lipinski definition) is 3. The minimum atomic E-state index is -0.277. The second kappa shape index (κ2) is 4.57. The lowest BCUT2D eigenvalue weighted by molar-refractivity contribution is 0.0914. The molecule has 4 nitrogen and oxygen atoms in total. The van der Waals surface area contributed by atoms with Crippen molar-refractivity contribution in [2.45, 2.75) is 26.3 Å². The van der Waals surface area contributed by atoms with Gasteiger partial charge in [0.1, 0.15) is 10.7 Å². The summed E-state index contributed by atoms with van der Waals surface area (Å²) < 4.78 is 0. The predicted octanol–water partition coefficient (Wildman–Crippen LogP) is 1.24. The van der Waals surface area contributed by atoms with Crippen LogP contribution in [0.1, 0.15) is 36.8 Å². The molecule has 86 valence electrons. The zero-order valence-electron chi connectivity index (χ0n) is 9.57. The number of nitrogens with two attached hydrogens (primary N) is 1. The highest BCUT2D eigenvalue weighted by Gasteiger charge is 2.15. The first-order valence-electron chi connectivity index (χ1n) is 4.88. The van der Waals surface area contributed by atoms with E-state index in [0.29, 0.717) is 11.3 Å². The van der Waals surface area contributed by atoms with Gasteiger partial charge in [-0.2, -0.15) is 0 Å². The Balaban J connectivity index is 2.82. The Hall–Kier alpha value is -1.49.